The number of oxazole rings is 1. The van der Waals surface area contributed by atoms with Crippen LogP contribution in [-0.2, 0) is 0 Å². The molecule has 0 radical (unpaired) electrons. The van der Waals surface area contributed by atoms with Crippen LogP contribution in [-0.4, -0.2) is 16.1 Å². The van der Waals surface area contributed by atoms with Gasteiger partial charge in [-0.2, -0.15) is 0 Å². The summed E-state index contributed by atoms with van der Waals surface area (Å²) in [7, 11) is 0. The Kier molecular flexibility index (Phi) is 2.90. The summed E-state index contributed by atoms with van der Waals surface area (Å²) in [6, 6.07) is 5.29. The molecule has 0 aliphatic heterocycles. The Morgan fingerprint density at radius 1 is 1.41 bits per heavy atom. The second-order valence-electron chi connectivity index (χ2n) is 3.70. The summed E-state index contributed by atoms with van der Waals surface area (Å²) in [6.07, 6.45) is 0. The summed E-state index contributed by atoms with van der Waals surface area (Å²) in [6.45, 7) is 3.47. The van der Waals surface area contributed by atoms with Gasteiger partial charge >= 0.3 is 5.97 Å². The second kappa shape index (κ2) is 4.22. The van der Waals surface area contributed by atoms with Gasteiger partial charge in [0, 0.05) is 10.6 Å². The fourth-order valence-electron chi connectivity index (χ4n) is 1.53. The van der Waals surface area contributed by atoms with Crippen LogP contribution in [0.25, 0.3) is 11.5 Å². The Morgan fingerprint density at radius 2 is 2.12 bits per heavy atom. The van der Waals surface area contributed by atoms with Gasteiger partial charge in [0.25, 0.3) is 0 Å². The maximum absolute atomic E-state index is 10.9. The van der Waals surface area contributed by atoms with Crippen LogP contribution in [0.5, 0.6) is 0 Å². The van der Waals surface area contributed by atoms with Crippen molar-refractivity contribution in [1.29, 1.82) is 0 Å². The number of carbonyl (C=O) groups is 1. The van der Waals surface area contributed by atoms with Crippen molar-refractivity contribution in [3.63, 3.8) is 0 Å². The summed E-state index contributed by atoms with van der Waals surface area (Å²) in [5, 5.41) is 9.44. The third kappa shape index (κ3) is 2.17. The lowest BCUT2D eigenvalue weighted by molar-refractivity contribution is 0.0662. The van der Waals surface area contributed by atoms with Gasteiger partial charge in [-0.3, -0.25) is 0 Å². The number of nitrogens with zero attached hydrogens (tertiary/aromatic N) is 1. The molecule has 88 valence electrons. The van der Waals surface area contributed by atoms with Gasteiger partial charge in [-0.25, -0.2) is 9.78 Å². The minimum atomic E-state index is -1.12. The average molecular weight is 252 g/mol. The smallest absolute Gasteiger partial charge is 0.373 e. The van der Waals surface area contributed by atoms with E-state index in [2.05, 4.69) is 4.98 Å². The fraction of sp³-hybridized carbons (Fsp3) is 0.167. The molecule has 0 bridgehead atoms. The molecule has 0 aliphatic carbocycles. The zero-order chi connectivity index (χ0) is 12.6. The lowest BCUT2D eigenvalue weighted by Crippen LogP contribution is -1.95. The number of halogens is 1. The Bertz CT molecular complexity index is 589. The van der Waals surface area contributed by atoms with Crippen molar-refractivity contribution >= 4 is 17.6 Å². The highest BCUT2D eigenvalue weighted by Crippen LogP contribution is 2.27. The zero-order valence-corrected chi connectivity index (χ0v) is 10.1. The van der Waals surface area contributed by atoms with Crippen LogP contribution in [0.2, 0.25) is 5.02 Å². The number of aryl methyl sites for hydroxylation is 2. The Morgan fingerprint density at radius 3 is 2.71 bits per heavy atom. The standard InChI is InChI=1S/C12H10ClNO3/c1-6-3-4-8(13)5-9(6)11-14-7(2)10(17-11)12(15)16/h3-5H,1-2H3,(H,15,16). The molecule has 1 heterocycles. The highest BCUT2D eigenvalue weighted by molar-refractivity contribution is 6.30. The Hall–Kier alpha value is -1.81. The number of rotatable bonds is 2. The van der Waals surface area contributed by atoms with Gasteiger partial charge in [-0.05, 0) is 31.5 Å². The molecule has 1 aromatic carbocycles. The molecule has 0 fully saturated rings. The highest BCUT2D eigenvalue weighted by atomic mass is 35.5. The van der Waals surface area contributed by atoms with Crippen LogP contribution in [0, 0.1) is 13.8 Å². The van der Waals surface area contributed by atoms with Crippen molar-refractivity contribution in [1.82, 2.24) is 4.98 Å². The zero-order valence-electron chi connectivity index (χ0n) is 9.32. The van der Waals surface area contributed by atoms with Crippen LogP contribution >= 0.6 is 11.6 Å². The molecule has 0 amide bonds. The van der Waals surface area contributed by atoms with Crippen LogP contribution in [0.3, 0.4) is 0 Å². The van der Waals surface area contributed by atoms with E-state index in [1.165, 1.54) is 0 Å². The average Bonchev–Trinajstić information content (AvgIpc) is 2.64. The van der Waals surface area contributed by atoms with Crippen molar-refractivity contribution in [3.8, 4) is 11.5 Å². The van der Waals surface area contributed by atoms with E-state index in [1.807, 2.05) is 13.0 Å². The first-order chi connectivity index (χ1) is 7.99. The molecule has 5 heteroatoms. The molecule has 1 N–H and O–H groups in total. The first kappa shape index (κ1) is 11.7. The molecule has 17 heavy (non-hydrogen) atoms. The molecule has 1 aromatic heterocycles. The van der Waals surface area contributed by atoms with E-state index in [0.717, 1.165) is 5.56 Å². The molecule has 2 aromatic rings. The van der Waals surface area contributed by atoms with Gasteiger partial charge in [-0.15, -0.1) is 0 Å². The van der Waals surface area contributed by atoms with Gasteiger partial charge in [-0.1, -0.05) is 17.7 Å². The molecule has 0 saturated carbocycles. The van der Waals surface area contributed by atoms with Crippen molar-refractivity contribution in [2.24, 2.45) is 0 Å². The van der Waals surface area contributed by atoms with Crippen LogP contribution in [0.15, 0.2) is 22.6 Å². The first-order valence-electron chi connectivity index (χ1n) is 4.96. The molecule has 4 nitrogen and oxygen atoms in total. The molecule has 0 unspecified atom stereocenters. The van der Waals surface area contributed by atoms with Crippen LogP contribution in [0.4, 0.5) is 0 Å². The Labute approximate surface area is 103 Å². The van der Waals surface area contributed by atoms with Crippen LogP contribution in [0.1, 0.15) is 21.8 Å². The SMILES string of the molecule is Cc1ccc(Cl)cc1-c1nc(C)c(C(=O)O)o1. The monoisotopic (exact) mass is 251 g/mol. The number of carboxylic acid groups (broad SMARTS) is 1. The van der Waals surface area contributed by atoms with E-state index in [-0.39, 0.29) is 11.7 Å². The minimum Gasteiger partial charge on any atom is -0.475 e. The maximum atomic E-state index is 10.9. The molecule has 0 atom stereocenters. The number of hydrogen-bond acceptors (Lipinski definition) is 3. The van der Waals surface area contributed by atoms with E-state index in [1.54, 1.807) is 19.1 Å². The lowest BCUT2D eigenvalue weighted by Gasteiger charge is -2.01. The van der Waals surface area contributed by atoms with Crippen molar-refractivity contribution in [3.05, 3.63) is 40.2 Å². The van der Waals surface area contributed by atoms with Crippen molar-refractivity contribution < 1.29 is 14.3 Å². The quantitative estimate of drug-likeness (QED) is 0.889. The predicted octanol–water partition coefficient (Wildman–Crippen LogP) is 3.31. The Balaban J connectivity index is 2.57. The number of benzene rings is 1. The number of hydrogen-bond donors (Lipinski definition) is 1. The van der Waals surface area contributed by atoms with Gasteiger partial charge in [0.05, 0.1) is 5.69 Å². The first-order valence-corrected chi connectivity index (χ1v) is 5.34. The van der Waals surface area contributed by atoms with Crippen LogP contribution < -0.4 is 0 Å². The third-order valence-electron chi connectivity index (χ3n) is 2.42. The van der Waals surface area contributed by atoms with E-state index >= 15 is 0 Å². The summed E-state index contributed by atoms with van der Waals surface area (Å²) >= 11 is 5.89. The van der Waals surface area contributed by atoms with E-state index in [4.69, 9.17) is 21.1 Å². The van der Waals surface area contributed by atoms with Gasteiger partial charge in [0.2, 0.25) is 11.7 Å². The fourth-order valence-corrected chi connectivity index (χ4v) is 1.71. The lowest BCUT2D eigenvalue weighted by atomic mass is 10.1. The number of aromatic carboxylic acids is 1. The highest BCUT2D eigenvalue weighted by Gasteiger charge is 2.18. The molecule has 2 rings (SSSR count). The normalized spacial score (nSPS) is 10.5. The summed E-state index contributed by atoms with van der Waals surface area (Å²) < 4.78 is 5.23. The minimum absolute atomic E-state index is 0.139. The van der Waals surface area contributed by atoms with Crippen molar-refractivity contribution in [2.45, 2.75) is 13.8 Å². The van der Waals surface area contributed by atoms with Gasteiger partial charge in [0.1, 0.15) is 0 Å². The number of carboxylic acids is 1. The van der Waals surface area contributed by atoms with Gasteiger partial charge in [0.15, 0.2) is 0 Å². The topological polar surface area (TPSA) is 63.3 Å². The van der Waals surface area contributed by atoms with Crippen molar-refractivity contribution in [2.75, 3.05) is 0 Å². The molecule has 0 spiro atoms. The number of aromatic nitrogens is 1. The second-order valence-corrected chi connectivity index (χ2v) is 4.13. The molecular weight excluding hydrogens is 242 g/mol. The summed E-state index contributed by atoms with van der Waals surface area (Å²) in [5.41, 5.74) is 1.98. The molecule has 0 aliphatic rings. The van der Waals surface area contributed by atoms with E-state index < -0.39 is 5.97 Å². The largest absolute Gasteiger partial charge is 0.475 e. The summed E-state index contributed by atoms with van der Waals surface area (Å²) in [5.74, 6) is -0.986. The summed E-state index contributed by atoms with van der Waals surface area (Å²) in [4.78, 5) is 15.0. The molecule has 0 saturated heterocycles. The maximum Gasteiger partial charge on any atom is 0.373 e. The van der Waals surface area contributed by atoms with E-state index in [0.29, 0.717) is 16.3 Å². The predicted molar refractivity (Wildman–Crippen MR) is 63.4 cm³/mol. The molecular formula is C12H10ClNO3. The third-order valence-corrected chi connectivity index (χ3v) is 2.66. The van der Waals surface area contributed by atoms with E-state index in [9.17, 15) is 4.79 Å². The van der Waals surface area contributed by atoms with Gasteiger partial charge < -0.3 is 9.52 Å².